The van der Waals surface area contributed by atoms with Crippen LogP contribution in [-0.4, -0.2) is 15.7 Å². The minimum Gasteiger partial charge on any atom is -0.440 e. The summed E-state index contributed by atoms with van der Waals surface area (Å²) >= 11 is 0. The third-order valence-electron chi connectivity index (χ3n) is 1.45. The molecular weight excluding hydrogens is 156 g/mol. The van der Waals surface area contributed by atoms with Crippen LogP contribution in [0.2, 0.25) is 0 Å². The lowest BCUT2D eigenvalue weighted by Crippen LogP contribution is -2.12. The van der Waals surface area contributed by atoms with Crippen LogP contribution in [0, 0.1) is 6.92 Å². The van der Waals surface area contributed by atoms with Crippen LogP contribution >= 0.6 is 0 Å². The summed E-state index contributed by atoms with van der Waals surface area (Å²) in [5, 5.41) is 4.10. The van der Waals surface area contributed by atoms with E-state index in [4.69, 9.17) is 4.74 Å². The van der Waals surface area contributed by atoms with Gasteiger partial charge >= 0.3 is 5.97 Å². The fourth-order valence-corrected chi connectivity index (χ4v) is 0.930. The summed E-state index contributed by atoms with van der Waals surface area (Å²) in [5.74, 6) is -0.296. The Labute approximate surface area is 71.1 Å². The average molecular weight is 168 g/mol. The predicted molar refractivity (Wildman–Crippen MR) is 43.4 cm³/mol. The monoisotopic (exact) mass is 168 g/mol. The second kappa shape index (κ2) is 3.38. The van der Waals surface area contributed by atoms with Crippen molar-refractivity contribution in [2.24, 2.45) is 0 Å². The fourth-order valence-electron chi connectivity index (χ4n) is 0.930. The van der Waals surface area contributed by atoms with Crippen LogP contribution in [0.3, 0.4) is 0 Å². The Morgan fingerprint density at radius 2 is 2.42 bits per heavy atom. The molecule has 66 valence electrons. The van der Waals surface area contributed by atoms with Crippen LogP contribution < -0.4 is 0 Å². The van der Waals surface area contributed by atoms with Crippen LogP contribution in [0.25, 0.3) is 0 Å². The summed E-state index contributed by atoms with van der Waals surface area (Å²) in [4.78, 5) is 10.6. The molecule has 0 bridgehead atoms. The van der Waals surface area contributed by atoms with Crippen molar-refractivity contribution in [2.75, 3.05) is 0 Å². The van der Waals surface area contributed by atoms with E-state index in [9.17, 15) is 4.79 Å². The number of carbonyl (C=O) groups is 1. The zero-order chi connectivity index (χ0) is 9.14. The van der Waals surface area contributed by atoms with E-state index in [1.165, 1.54) is 6.92 Å². The van der Waals surface area contributed by atoms with E-state index in [-0.39, 0.29) is 12.2 Å². The highest BCUT2D eigenvalue weighted by Crippen LogP contribution is 2.06. The van der Waals surface area contributed by atoms with E-state index in [0.29, 0.717) is 0 Å². The number of nitrogens with zero attached hydrogens (tertiary/aromatic N) is 2. The number of esters is 1. The minimum atomic E-state index is -0.323. The van der Waals surface area contributed by atoms with Crippen molar-refractivity contribution < 1.29 is 9.53 Å². The number of aryl methyl sites for hydroxylation is 1. The molecule has 0 amide bonds. The largest absolute Gasteiger partial charge is 0.440 e. The molecule has 0 fully saturated rings. The van der Waals surface area contributed by atoms with Crippen molar-refractivity contribution in [3.8, 4) is 0 Å². The molecule has 0 saturated heterocycles. The second-order valence-electron chi connectivity index (χ2n) is 2.65. The Kier molecular flexibility index (Phi) is 2.47. The molecule has 0 aliphatic carbocycles. The van der Waals surface area contributed by atoms with Gasteiger partial charge in [-0.1, -0.05) is 0 Å². The molecular formula is C8H12N2O2. The van der Waals surface area contributed by atoms with E-state index in [1.54, 1.807) is 17.8 Å². The lowest BCUT2D eigenvalue weighted by atomic mass is 10.5. The zero-order valence-corrected chi connectivity index (χ0v) is 7.44. The summed E-state index contributed by atoms with van der Waals surface area (Å²) in [6, 6.07) is 1.86. The Bertz CT molecular complexity index is 280. The third-order valence-corrected chi connectivity index (χ3v) is 1.45. The van der Waals surface area contributed by atoms with E-state index in [0.717, 1.165) is 5.69 Å². The first-order valence-electron chi connectivity index (χ1n) is 3.78. The highest BCUT2D eigenvalue weighted by molar-refractivity contribution is 5.65. The Morgan fingerprint density at radius 3 is 2.83 bits per heavy atom. The van der Waals surface area contributed by atoms with Crippen molar-refractivity contribution in [1.82, 2.24) is 9.78 Å². The van der Waals surface area contributed by atoms with Crippen LogP contribution in [-0.2, 0) is 9.53 Å². The summed E-state index contributed by atoms with van der Waals surface area (Å²) in [7, 11) is 0. The predicted octanol–water partition coefficient (Wildman–Crippen LogP) is 1.27. The number of rotatable bonds is 2. The van der Waals surface area contributed by atoms with Gasteiger partial charge in [0.2, 0.25) is 0 Å². The van der Waals surface area contributed by atoms with Crippen LogP contribution in [0.1, 0.15) is 25.8 Å². The van der Waals surface area contributed by atoms with Gasteiger partial charge in [-0.05, 0) is 19.9 Å². The lowest BCUT2D eigenvalue weighted by Gasteiger charge is -2.11. The van der Waals surface area contributed by atoms with Gasteiger partial charge in [0.1, 0.15) is 0 Å². The van der Waals surface area contributed by atoms with Crippen molar-refractivity contribution in [3.63, 3.8) is 0 Å². The number of aromatic nitrogens is 2. The van der Waals surface area contributed by atoms with E-state index in [2.05, 4.69) is 5.10 Å². The summed E-state index contributed by atoms with van der Waals surface area (Å²) in [6.07, 6.45) is 1.46. The number of carbonyl (C=O) groups excluding carboxylic acids is 1. The standard InChI is InChI=1S/C8H12N2O2/c1-6-4-5-10(9-6)7(2)12-8(3)11/h4-5,7H,1-3H3. The first kappa shape index (κ1) is 8.77. The SMILES string of the molecule is CC(=O)OC(C)n1ccc(C)n1. The van der Waals surface area contributed by atoms with Gasteiger partial charge in [-0.3, -0.25) is 4.79 Å². The van der Waals surface area contributed by atoms with Gasteiger partial charge < -0.3 is 4.74 Å². The van der Waals surface area contributed by atoms with Gasteiger partial charge in [-0.15, -0.1) is 0 Å². The topological polar surface area (TPSA) is 44.1 Å². The quantitative estimate of drug-likeness (QED) is 0.625. The van der Waals surface area contributed by atoms with Gasteiger partial charge in [0, 0.05) is 13.1 Å². The van der Waals surface area contributed by atoms with Gasteiger partial charge in [0.15, 0.2) is 6.23 Å². The lowest BCUT2D eigenvalue weighted by molar-refractivity contribution is -0.150. The molecule has 1 aromatic rings. The first-order valence-corrected chi connectivity index (χ1v) is 3.78. The maximum atomic E-state index is 10.6. The highest BCUT2D eigenvalue weighted by Gasteiger charge is 2.07. The average Bonchev–Trinajstić information content (AvgIpc) is 2.34. The Hall–Kier alpha value is -1.32. The van der Waals surface area contributed by atoms with Crippen LogP contribution in [0.4, 0.5) is 0 Å². The molecule has 1 unspecified atom stereocenters. The normalized spacial score (nSPS) is 12.6. The van der Waals surface area contributed by atoms with E-state index in [1.807, 2.05) is 13.0 Å². The fraction of sp³-hybridized carbons (Fsp3) is 0.500. The molecule has 0 aliphatic heterocycles. The molecule has 1 atom stereocenters. The molecule has 4 nitrogen and oxygen atoms in total. The molecule has 0 spiro atoms. The molecule has 0 N–H and O–H groups in total. The number of hydrogen-bond acceptors (Lipinski definition) is 3. The maximum Gasteiger partial charge on any atom is 0.304 e. The Balaban J connectivity index is 2.64. The first-order chi connectivity index (χ1) is 5.59. The van der Waals surface area contributed by atoms with Crippen molar-refractivity contribution >= 4 is 5.97 Å². The summed E-state index contributed by atoms with van der Waals surface area (Å²) < 4.78 is 6.52. The van der Waals surface area contributed by atoms with Gasteiger partial charge in [0.25, 0.3) is 0 Å². The van der Waals surface area contributed by atoms with Gasteiger partial charge in [-0.2, -0.15) is 5.10 Å². The minimum absolute atomic E-state index is 0.296. The van der Waals surface area contributed by atoms with Crippen molar-refractivity contribution in [3.05, 3.63) is 18.0 Å². The smallest absolute Gasteiger partial charge is 0.304 e. The van der Waals surface area contributed by atoms with Gasteiger partial charge in [-0.25, -0.2) is 4.68 Å². The number of ether oxygens (including phenoxy) is 1. The van der Waals surface area contributed by atoms with Gasteiger partial charge in [0.05, 0.1) is 5.69 Å². The maximum absolute atomic E-state index is 10.6. The molecule has 1 aromatic heterocycles. The molecule has 1 heterocycles. The molecule has 0 aliphatic rings. The van der Waals surface area contributed by atoms with E-state index >= 15 is 0 Å². The molecule has 0 aromatic carbocycles. The van der Waals surface area contributed by atoms with Crippen LogP contribution in [0.5, 0.6) is 0 Å². The second-order valence-corrected chi connectivity index (χ2v) is 2.65. The zero-order valence-electron chi connectivity index (χ0n) is 7.44. The van der Waals surface area contributed by atoms with Crippen molar-refractivity contribution in [1.29, 1.82) is 0 Å². The van der Waals surface area contributed by atoms with Crippen LogP contribution in [0.15, 0.2) is 12.3 Å². The Morgan fingerprint density at radius 1 is 1.75 bits per heavy atom. The molecule has 0 radical (unpaired) electrons. The van der Waals surface area contributed by atoms with Crippen molar-refractivity contribution in [2.45, 2.75) is 27.0 Å². The third kappa shape index (κ3) is 2.08. The summed E-state index contributed by atoms with van der Waals surface area (Å²) in [5.41, 5.74) is 0.911. The molecule has 0 saturated carbocycles. The van der Waals surface area contributed by atoms with E-state index < -0.39 is 0 Å². The highest BCUT2D eigenvalue weighted by atomic mass is 16.6. The molecule has 12 heavy (non-hydrogen) atoms. The number of hydrogen-bond donors (Lipinski definition) is 0. The molecule has 1 rings (SSSR count). The molecule has 4 heteroatoms. The summed E-state index contributed by atoms with van der Waals surface area (Å²) in [6.45, 7) is 5.04.